The van der Waals surface area contributed by atoms with Crippen molar-refractivity contribution in [3.8, 4) is 17.0 Å². The summed E-state index contributed by atoms with van der Waals surface area (Å²) in [7, 11) is 1.51. The number of nitrogens with one attached hydrogen (secondary N) is 1. The number of methoxy groups -OCH3 is 1. The molecule has 0 spiro atoms. The number of anilines is 1. The van der Waals surface area contributed by atoms with E-state index in [1.165, 1.54) is 24.1 Å². The molecule has 27 heavy (non-hydrogen) atoms. The van der Waals surface area contributed by atoms with E-state index < -0.39 is 0 Å². The Balaban J connectivity index is 1.72. The first kappa shape index (κ1) is 18.7. The Morgan fingerprint density at radius 1 is 1.19 bits per heavy atom. The van der Waals surface area contributed by atoms with E-state index in [4.69, 9.17) is 16.3 Å². The van der Waals surface area contributed by atoms with Crippen molar-refractivity contribution in [1.82, 2.24) is 9.55 Å². The van der Waals surface area contributed by atoms with Gasteiger partial charge in [0.05, 0.1) is 24.2 Å². The number of carbonyl (C=O) groups excluding carboxylic acids is 1. The van der Waals surface area contributed by atoms with E-state index in [1.807, 2.05) is 31.2 Å². The average Bonchev–Trinajstić information content (AvgIpc) is 2.64. The molecule has 138 valence electrons. The first-order valence-corrected chi connectivity index (χ1v) is 8.61. The van der Waals surface area contributed by atoms with Gasteiger partial charge in [-0.25, -0.2) is 4.98 Å². The van der Waals surface area contributed by atoms with Crippen LogP contribution < -0.4 is 15.6 Å². The number of nitrogens with zero attached hydrogens (tertiary/aromatic N) is 2. The van der Waals surface area contributed by atoms with Crippen molar-refractivity contribution < 1.29 is 9.53 Å². The molecule has 1 amide bonds. The summed E-state index contributed by atoms with van der Waals surface area (Å²) in [6.45, 7) is 1.84. The Kier molecular flexibility index (Phi) is 5.57. The van der Waals surface area contributed by atoms with Crippen LogP contribution in [-0.2, 0) is 11.3 Å². The summed E-state index contributed by atoms with van der Waals surface area (Å²) in [5.41, 5.74) is 2.76. The third kappa shape index (κ3) is 4.54. The van der Waals surface area contributed by atoms with Crippen LogP contribution in [0.25, 0.3) is 11.3 Å². The number of hydrogen-bond donors (Lipinski definition) is 1. The molecular weight excluding hydrogens is 366 g/mol. The van der Waals surface area contributed by atoms with Gasteiger partial charge >= 0.3 is 0 Å². The first-order chi connectivity index (χ1) is 13.0. The molecule has 0 aliphatic heterocycles. The molecule has 7 heteroatoms. The predicted molar refractivity (Wildman–Crippen MR) is 105 cm³/mol. The summed E-state index contributed by atoms with van der Waals surface area (Å²) in [5.74, 6) is 0.157. The molecule has 1 heterocycles. The van der Waals surface area contributed by atoms with Gasteiger partial charge in [0.25, 0.3) is 5.56 Å². The molecule has 0 radical (unpaired) electrons. The molecule has 0 aliphatic rings. The highest BCUT2D eigenvalue weighted by Crippen LogP contribution is 2.27. The van der Waals surface area contributed by atoms with Crippen LogP contribution in [0.15, 0.2) is 59.7 Å². The second-order valence-electron chi connectivity index (χ2n) is 6.00. The van der Waals surface area contributed by atoms with Crippen molar-refractivity contribution in [3.63, 3.8) is 0 Å². The van der Waals surface area contributed by atoms with E-state index in [-0.39, 0.29) is 18.0 Å². The van der Waals surface area contributed by atoms with E-state index in [0.717, 1.165) is 11.1 Å². The lowest BCUT2D eigenvalue weighted by Crippen LogP contribution is -2.27. The zero-order chi connectivity index (χ0) is 19.4. The lowest BCUT2D eigenvalue weighted by atomic mass is 10.1. The first-order valence-electron chi connectivity index (χ1n) is 8.23. The lowest BCUT2D eigenvalue weighted by Gasteiger charge is -2.09. The molecule has 0 saturated heterocycles. The largest absolute Gasteiger partial charge is 0.495 e. The smallest absolute Gasteiger partial charge is 0.254 e. The molecule has 1 N–H and O–H groups in total. The average molecular weight is 384 g/mol. The maximum atomic E-state index is 12.3. The van der Waals surface area contributed by atoms with Crippen LogP contribution in [0.4, 0.5) is 5.69 Å². The quantitative estimate of drug-likeness (QED) is 0.731. The lowest BCUT2D eigenvalue weighted by molar-refractivity contribution is -0.116. The Morgan fingerprint density at radius 2 is 1.93 bits per heavy atom. The molecule has 3 aromatic rings. The van der Waals surface area contributed by atoms with Gasteiger partial charge in [0.2, 0.25) is 5.91 Å². The van der Waals surface area contributed by atoms with Crippen LogP contribution in [0, 0.1) is 6.92 Å². The molecule has 0 unspecified atom stereocenters. The molecule has 3 rings (SSSR count). The molecular formula is C20H18ClN3O3. The fourth-order valence-electron chi connectivity index (χ4n) is 2.53. The van der Waals surface area contributed by atoms with Crippen molar-refractivity contribution in [1.29, 1.82) is 0 Å². The fourth-order valence-corrected chi connectivity index (χ4v) is 2.78. The van der Waals surface area contributed by atoms with Crippen LogP contribution in [0.5, 0.6) is 5.75 Å². The fraction of sp³-hybridized carbons (Fsp3) is 0.150. The Bertz CT molecular complexity index is 1030. The van der Waals surface area contributed by atoms with Gasteiger partial charge in [0.15, 0.2) is 0 Å². The normalized spacial score (nSPS) is 10.5. The molecule has 0 aliphatic carbocycles. The number of hydrogen-bond acceptors (Lipinski definition) is 4. The van der Waals surface area contributed by atoms with E-state index in [1.54, 1.807) is 18.2 Å². The monoisotopic (exact) mass is 383 g/mol. The van der Waals surface area contributed by atoms with Gasteiger partial charge in [-0.2, -0.15) is 0 Å². The van der Waals surface area contributed by atoms with Crippen LogP contribution in [-0.4, -0.2) is 22.6 Å². The highest BCUT2D eigenvalue weighted by molar-refractivity contribution is 6.32. The van der Waals surface area contributed by atoms with Gasteiger partial charge in [0, 0.05) is 17.3 Å². The third-order valence-corrected chi connectivity index (χ3v) is 4.27. The minimum Gasteiger partial charge on any atom is -0.495 e. The van der Waals surface area contributed by atoms with Crippen molar-refractivity contribution in [2.75, 3.05) is 12.4 Å². The number of aryl methyl sites for hydroxylation is 1. The topological polar surface area (TPSA) is 73.2 Å². The number of aromatic nitrogens is 2. The van der Waals surface area contributed by atoms with Crippen LogP contribution in [0.2, 0.25) is 5.02 Å². The zero-order valence-corrected chi connectivity index (χ0v) is 15.7. The predicted octanol–water partition coefficient (Wildman–Crippen LogP) is 3.52. The summed E-state index contributed by atoms with van der Waals surface area (Å²) < 4.78 is 6.32. The number of benzene rings is 2. The zero-order valence-electron chi connectivity index (χ0n) is 14.9. The molecule has 1 aromatic heterocycles. The van der Waals surface area contributed by atoms with Gasteiger partial charge in [0.1, 0.15) is 12.3 Å². The summed E-state index contributed by atoms with van der Waals surface area (Å²) in [4.78, 5) is 28.8. The SMILES string of the molecule is COc1ccc(NC(=O)Cn2cnc(-c3ccc(C)cc3)cc2=O)cc1Cl. The maximum absolute atomic E-state index is 12.3. The van der Waals surface area contributed by atoms with Crippen LogP contribution in [0.1, 0.15) is 5.56 Å². The van der Waals surface area contributed by atoms with Crippen LogP contribution >= 0.6 is 11.6 Å². The van der Waals surface area contributed by atoms with Crippen molar-refractivity contribution in [2.24, 2.45) is 0 Å². The van der Waals surface area contributed by atoms with Gasteiger partial charge in [-0.3, -0.25) is 14.2 Å². The van der Waals surface area contributed by atoms with Gasteiger partial charge in [-0.1, -0.05) is 41.4 Å². The number of rotatable bonds is 5. The van der Waals surface area contributed by atoms with E-state index >= 15 is 0 Å². The van der Waals surface area contributed by atoms with Crippen LogP contribution in [0.3, 0.4) is 0 Å². The van der Waals surface area contributed by atoms with E-state index in [2.05, 4.69) is 10.3 Å². The Morgan fingerprint density at radius 3 is 2.56 bits per heavy atom. The highest BCUT2D eigenvalue weighted by atomic mass is 35.5. The number of carbonyl (C=O) groups is 1. The number of ether oxygens (including phenoxy) is 1. The Labute approximate surface area is 161 Å². The summed E-state index contributed by atoms with van der Waals surface area (Å²) in [6, 6.07) is 14.0. The molecule has 0 atom stereocenters. The highest BCUT2D eigenvalue weighted by Gasteiger charge is 2.09. The number of amides is 1. The molecule has 0 fully saturated rings. The summed E-state index contributed by atoms with van der Waals surface area (Å²) in [5, 5.41) is 3.08. The standard InChI is InChI=1S/C20H18ClN3O3/c1-13-3-5-14(6-4-13)17-10-20(26)24(12-22-17)11-19(25)23-15-7-8-18(27-2)16(21)9-15/h3-10,12H,11H2,1-2H3,(H,23,25). The molecule has 6 nitrogen and oxygen atoms in total. The third-order valence-electron chi connectivity index (χ3n) is 3.98. The van der Waals surface area contributed by atoms with Gasteiger partial charge in [-0.15, -0.1) is 0 Å². The minimum absolute atomic E-state index is 0.149. The van der Waals surface area contributed by atoms with Crippen molar-refractivity contribution in [3.05, 3.63) is 75.8 Å². The molecule has 0 bridgehead atoms. The summed E-state index contributed by atoms with van der Waals surface area (Å²) in [6.07, 6.45) is 1.37. The van der Waals surface area contributed by atoms with E-state index in [9.17, 15) is 9.59 Å². The minimum atomic E-state index is -0.358. The summed E-state index contributed by atoms with van der Waals surface area (Å²) >= 11 is 6.04. The molecule has 0 saturated carbocycles. The second kappa shape index (κ2) is 8.05. The maximum Gasteiger partial charge on any atom is 0.254 e. The molecule has 2 aromatic carbocycles. The second-order valence-corrected chi connectivity index (χ2v) is 6.41. The van der Waals surface area contributed by atoms with E-state index in [0.29, 0.717) is 22.2 Å². The van der Waals surface area contributed by atoms with Gasteiger partial charge < -0.3 is 10.1 Å². The van der Waals surface area contributed by atoms with Crippen molar-refractivity contribution in [2.45, 2.75) is 13.5 Å². The Hall–Kier alpha value is -3.12. The van der Waals surface area contributed by atoms with Gasteiger partial charge in [-0.05, 0) is 25.1 Å². The van der Waals surface area contributed by atoms with Crippen molar-refractivity contribution >= 4 is 23.2 Å². The number of halogens is 1.